The van der Waals surface area contributed by atoms with Crippen molar-refractivity contribution in [1.82, 2.24) is 9.55 Å². The molecule has 3 aromatic rings. The summed E-state index contributed by atoms with van der Waals surface area (Å²) in [7, 11) is 1.54. The Hall–Kier alpha value is -2.66. The molecule has 0 unspecified atom stereocenters. The molecule has 186 valence electrons. The summed E-state index contributed by atoms with van der Waals surface area (Å²) in [5, 5.41) is 9.72. The highest BCUT2D eigenvalue weighted by molar-refractivity contribution is 7.98. The van der Waals surface area contributed by atoms with Crippen molar-refractivity contribution in [1.29, 1.82) is 0 Å². The van der Waals surface area contributed by atoms with Crippen molar-refractivity contribution in [2.45, 2.75) is 50.3 Å². The van der Waals surface area contributed by atoms with Gasteiger partial charge in [-0.3, -0.25) is 0 Å². The van der Waals surface area contributed by atoms with E-state index in [1.165, 1.54) is 29.6 Å². The normalized spacial score (nSPS) is 11.7. The number of thioether (sulfide) groups is 1. The first-order valence-corrected chi connectivity index (χ1v) is 11.2. The fourth-order valence-corrected chi connectivity index (χ4v) is 3.92. The molecule has 1 aromatic heterocycles. The van der Waals surface area contributed by atoms with Gasteiger partial charge in [0.2, 0.25) is 0 Å². The van der Waals surface area contributed by atoms with Crippen LogP contribution in [0.25, 0.3) is 0 Å². The molecule has 0 spiro atoms. The fraction of sp³-hybridized carbons (Fsp3) is 0.348. The average Bonchev–Trinajstić information content (AvgIpc) is 3.20. The van der Waals surface area contributed by atoms with Gasteiger partial charge in [0.15, 0.2) is 5.16 Å². The van der Waals surface area contributed by atoms with Crippen LogP contribution in [0.4, 0.5) is 26.3 Å². The summed E-state index contributed by atoms with van der Waals surface area (Å²) < 4.78 is 85.6. The predicted molar refractivity (Wildman–Crippen MR) is 118 cm³/mol. The Morgan fingerprint density at radius 1 is 0.971 bits per heavy atom. The highest BCUT2D eigenvalue weighted by Crippen LogP contribution is 2.38. The molecule has 4 nitrogen and oxygen atoms in total. The lowest BCUT2D eigenvalue weighted by Gasteiger charge is -2.17. The van der Waals surface area contributed by atoms with Gasteiger partial charge < -0.3 is 14.4 Å². The highest BCUT2D eigenvalue weighted by Gasteiger charge is 2.38. The Bertz CT molecular complexity index is 1060. The molecule has 1 N–H and O–H groups in total. The van der Waals surface area contributed by atoms with Gasteiger partial charge in [0.05, 0.1) is 37.1 Å². The van der Waals surface area contributed by atoms with E-state index >= 15 is 0 Å². The second-order valence-corrected chi connectivity index (χ2v) is 7.75. The Kier molecular flexibility index (Phi) is 9.45. The molecule has 0 atom stereocenters. The van der Waals surface area contributed by atoms with E-state index in [0.29, 0.717) is 22.7 Å². The molecule has 0 bridgehead atoms. The number of aliphatic hydroxyl groups is 1. The van der Waals surface area contributed by atoms with E-state index in [2.05, 4.69) is 4.98 Å². The van der Waals surface area contributed by atoms with Crippen LogP contribution in [0.5, 0.6) is 5.75 Å². The topological polar surface area (TPSA) is 47.3 Å². The van der Waals surface area contributed by atoms with E-state index in [-0.39, 0.29) is 23.9 Å². The van der Waals surface area contributed by atoms with Crippen LogP contribution < -0.4 is 4.74 Å². The Morgan fingerprint density at radius 3 is 2.15 bits per heavy atom. The van der Waals surface area contributed by atoms with E-state index in [1.807, 2.05) is 26.0 Å². The number of nitrogens with zero attached hydrogens (tertiary/aromatic N) is 2. The van der Waals surface area contributed by atoms with Gasteiger partial charge in [-0.25, -0.2) is 4.98 Å². The zero-order valence-corrected chi connectivity index (χ0v) is 19.5. The summed E-state index contributed by atoms with van der Waals surface area (Å²) in [6, 6.07) is 8.73. The van der Waals surface area contributed by atoms with Crippen molar-refractivity contribution in [2.24, 2.45) is 0 Å². The minimum atomic E-state index is -4.96. The van der Waals surface area contributed by atoms with Gasteiger partial charge in [0.25, 0.3) is 0 Å². The lowest BCUT2D eigenvalue weighted by atomic mass is 10.0. The number of imidazole rings is 1. The zero-order chi connectivity index (χ0) is 25.5. The van der Waals surface area contributed by atoms with Crippen molar-refractivity contribution in [2.75, 3.05) is 7.11 Å². The number of alkyl halides is 6. The monoisotopic (exact) mass is 506 g/mol. The van der Waals surface area contributed by atoms with Gasteiger partial charge in [0.1, 0.15) is 5.75 Å². The fourth-order valence-electron chi connectivity index (χ4n) is 2.96. The lowest BCUT2D eigenvalue weighted by molar-refractivity contribution is -0.143. The number of aromatic nitrogens is 2. The van der Waals surface area contributed by atoms with Crippen molar-refractivity contribution in [3.8, 4) is 5.75 Å². The van der Waals surface area contributed by atoms with Gasteiger partial charge in [-0.05, 0) is 35.4 Å². The first-order chi connectivity index (χ1) is 16.0. The molecule has 34 heavy (non-hydrogen) atoms. The molecule has 0 saturated heterocycles. The van der Waals surface area contributed by atoms with Crippen LogP contribution in [-0.4, -0.2) is 21.8 Å². The molecule has 0 aliphatic carbocycles. The largest absolute Gasteiger partial charge is 0.497 e. The van der Waals surface area contributed by atoms with Gasteiger partial charge in [-0.1, -0.05) is 43.8 Å². The number of benzene rings is 2. The Balaban J connectivity index is 0.00000199. The Labute approximate surface area is 197 Å². The molecule has 0 aliphatic rings. The number of ether oxygens (including phenoxy) is 1. The minimum absolute atomic E-state index is 0.114. The molecule has 0 fully saturated rings. The van der Waals surface area contributed by atoms with Crippen molar-refractivity contribution < 1.29 is 36.2 Å². The number of methoxy groups -OCH3 is 1. The molecule has 0 saturated carbocycles. The van der Waals surface area contributed by atoms with Crippen LogP contribution in [0, 0.1) is 0 Å². The van der Waals surface area contributed by atoms with Gasteiger partial charge in [-0.15, -0.1) is 0 Å². The van der Waals surface area contributed by atoms with E-state index < -0.39 is 30.1 Å². The van der Waals surface area contributed by atoms with E-state index in [0.717, 1.165) is 11.6 Å². The summed E-state index contributed by atoms with van der Waals surface area (Å²) >= 11 is 1.23. The van der Waals surface area contributed by atoms with Gasteiger partial charge in [-0.2, -0.15) is 26.3 Å². The number of aliphatic hydroxyl groups excluding tert-OH is 1. The maximum atomic E-state index is 13.5. The average molecular weight is 507 g/mol. The number of rotatable bonds is 7. The summed E-state index contributed by atoms with van der Waals surface area (Å²) in [4.78, 5) is 4.21. The maximum Gasteiger partial charge on any atom is 0.416 e. The number of hydrogen-bond acceptors (Lipinski definition) is 4. The summed E-state index contributed by atoms with van der Waals surface area (Å²) in [5.41, 5.74) is -1.93. The van der Waals surface area contributed by atoms with Gasteiger partial charge >= 0.3 is 12.4 Å². The number of halogens is 6. The van der Waals surface area contributed by atoms with Crippen molar-refractivity contribution in [3.63, 3.8) is 0 Å². The van der Waals surface area contributed by atoms with E-state index in [1.54, 1.807) is 12.1 Å². The molecular weight excluding hydrogens is 482 g/mol. The Morgan fingerprint density at radius 2 is 1.62 bits per heavy atom. The highest BCUT2D eigenvalue weighted by atomic mass is 32.2. The smallest absolute Gasteiger partial charge is 0.416 e. The first kappa shape index (κ1) is 27.6. The van der Waals surface area contributed by atoms with Crippen LogP contribution in [0.15, 0.2) is 53.8 Å². The zero-order valence-electron chi connectivity index (χ0n) is 18.7. The molecule has 1 heterocycles. The van der Waals surface area contributed by atoms with Crippen molar-refractivity contribution in [3.05, 3.63) is 76.6 Å². The summed E-state index contributed by atoms with van der Waals surface area (Å²) in [5.74, 6) is 1.11. The van der Waals surface area contributed by atoms with Crippen LogP contribution in [0.2, 0.25) is 0 Å². The van der Waals surface area contributed by atoms with Crippen LogP contribution in [0.3, 0.4) is 0 Å². The third kappa shape index (κ3) is 7.17. The molecule has 2 aromatic carbocycles. The van der Waals surface area contributed by atoms with Crippen LogP contribution in [0.1, 0.15) is 41.8 Å². The SMILES string of the molecule is CC.COc1ccc(CSc2nc(CO)cn2Cc2ccc(C(F)(F)F)cc2C(F)(F)F)cc1. The third-order valence-corrected chi connectivity index (χ3v) is 5.62. The third-order valence-electron chi connectivity index (χ3n) is 4.56. The van der Waals surface area contributed by atoms with Crippen LogP contribution >= 0.6 is 11.8 Å². The second kappa shape index (κ2) is 11.7. The minimum Gasteiger partial charge on any atom is -0.497 e. The first-order valence-electron chi connectivity index (χ1n) is 10.2. The number of hydrogen-bond donors (Lipinski definition) is 1. The summed E-state index contributed by atoms with van der Waals surface area (Å²) in [6.07, 6.45) is -8.47. The molecule has 0 aliphatic heterocycles. The van der Waals surface area contributed by atoms with Gasteiger partial charge in [0, 0.05) is 11.9 Å². The van der Waals surface area contributed by atoms with E-state index in [9.17, 15) is 31.4 Å². The predicted octanol–water partition coefficient (Wildman–Crippen LogP) is 6.79. The molecule has 3 rings (SSSR count). The van der Waals surface area contributed by atoms with E-state index in [4.69, 9.17) is 4.74 Å². The van der Waals surface area contributed by atoms with Crippen molar-refractivity contribution >= 4 is 11.8 Å². The van der Waals surface area contributed by atoms with Crippen LogP contribution in [-0.2, 0) is 31.3 Å². The maximum absolute atomic E-state index is 13.5. The quantitative estimate of drug-likeness (QED) is 0.283. The lowest BCUT2D eigenvalue weighted by Crippen LogP contribution is -2.15. The molecular formula is C23H24F6N2O2S. The molecule has 0 radical (unpaired) electrons. The molecule has 11 heteroatoms. The second-order valence-electron chi connectivity index (χ2n) is 6.81. The molecule has 0 amide bonds. The summed E-state index contributed by atoms with van der Waals surface area (Å²) in [6.45, 7) is 3.22. The standard InChI is InChI=1S/C21H18F6N2O2S.C2H6/c1-31-17-6-2-13(3-7-17)12-32-19-28-16(11-30)10-29(19)9-14-4-5-15(20(22,23)24)8-18(14)21(25,26)27;1-2/h2-8,10,30H,9,11-12H2,1H3;1-2H3.